The van der Waals surface area contributed by atoms with Crippen LogP contribution in [0, 0.1) is 0 Å². The lowest BCUT2D eigenvalue weighted by Gasteiger charge is -2.19. The molecule has 0 saturated carbocycles. The predicted molar refractivity (Wildman–Crippen MR) is 66.9 cm³/mol. The molecular weight excluding hydrogens is 194 g/mol. The Bertz CT molecular complexity index is 221. The van der Waals surface area contributed by atoms with Crippen LogP contribution in [0.5, 0.6) is 0 Å². The number of thioether (sulfide) groups is 1. The first-order valence-electron chi connectivity index (χ1n) is 4.61. The number of aliphatic imine (C=N–C) groups is 1. The summed E-state index contributed by atoms with van der Waals surface area (Å²) in [6.07, 6.45) is 2.08. The van der Waals surface area contributed by atoms with Crippen LogP contribution in [0.2, 0.25) is 0 Å². The van der Waals surface area contributed by atoms with E-state index in [-0.39, 0.29) is 4.75 Å². The maximum absolute atomic E-state index is 5.67. The fourth-order valence-corrected chi connectivity index (χ4v) is 0.831. The number of hydrogen-bond donors (Lipinski definition) is 2. The van der Waals surface area contributed by atoms with Crippen LogP contribution >= 0.6 is 11.8 Å². The third kappa shape index (κ3) is 6.83. The van der Waals surface area contributed by atoms with Gasteiger partial charge in [0.1, 0.15) is 0 Å². The van der Waals surface area contributed by atoms with Gasteiger partial charge < -0.3 is 11.1 Å². The minimum Gasteiger partial charge on any atom is -0.370 e. The molecule has 0 unspecified atom stereocenters. The van der Waals surface area contributed by atoms with Gasteiger partial charge in [-0.15, -0.1) is 0 Å². The van der Waals surface area contributed by atoms with Gasteiger partial charge in [0.25, 0.3) is 0 Å². The van der Waals surface area contributed by atoms with Gasteiger partial charge in [0.15, 0.2) is 5.96 Å². The molecule has 0 aliphatic rings. The van der Waals surface area contributed by atoms with Crippen molar-refractivity contribution in [3.8, 4) is 0 Å². The number of nitrogens with one attached hydrogen (secondary N) is 1. The van der Waals surface area contributed by atoms with Crippen LogP contribution in [0.3, 0.4) is 0 Å². The van der Waals surface area contributed by atoms with Crippen molar-refractivity contribution in [1.29, 1.82) is 0 Å². The van der Waals surface area contributed by atoms with Crippen molar-refractivity contribution in [2.75, 3.05) is 19.3 Å². The van der Waals surface area contributed by atoms with E-state index in [1.54, 1.807) is 11.8 Å². The Labute approximate surface area is 91.2 Å². The molecule has 0 aliphatic heterocycles. The first kappa shape index (κ1) is 13.4. The average Bonchev–Trinajstić information content (AvgIpc) is 2.11. The van der Waals surface area contributed by atoms with Crippen molar-refractivity contribution >= 4 is 17.7 Å². The first-order valence-corrected chi connectivity index (χ1v) is 5.83. The van der Waals surface area contributed by atoms with Crippen molar-refractivity contribution < 1.29 is 0 Å². The average molecular weight is 215 g/mol. The first-order chi connectivity index (χ1) is 6.37. The highest BCUT2D eigenvalue weighted by Crippen LogP contribution is 2.20. The molecule has 0 radical (unpaired) electrons. The van der Waals surface area contributed by atoms with Crippen molar-refractivity contribution in [3.63, 3.8) is 0 Å². The van der Waals surface area contributed by atoms with Gasteiger partial charge in [-0.3, -0.25) is 4.99 Å². The molecule has 0 atom stereocenters. The van der Waals surface area contributed by atoms with Crippen molar-refractivity contribution in [1.82, 2.24) is 5.32 Å². The Morgan fingerprint density at radius 1 is 1.57 bits per heavy atom. The summed E-state index contributed by atoms with van der Waals surface area (Å²) in [6, 6.07) is 0. The lowest BCUT2D eigenvalue weighted by Crippen LogP contribution is -2.34. The fourth-order valence-electron chi connectivity index (χ4n) is 0.637. The monoisotopic (exact) mass is 215 g/mol. The minimum absolute atomic E-state index is 0.148. The molecule has 0 aromatic rings. The van der Waals surface area contributed by atoms with Gasteiger partial charge in [0.2, 0.25) is 0 Å². The van der Waals surface area contributed by atoms with E-state index in [1.165, 1.54) is 0 Å². The normalized spacial score (nSPS) is 12.7. The second-order valence-corrected chi connectivity index (χ2v) is 5.49. The minimum atomic E-state index is 0.148. The Balaban J connectivity index is 3.93. The highest BCUT2D eigenvalue weighted by atomic mass is 32.2. The van der Waals surface area contributed by atoms with Gasteiger partial charge in [-0.1, -0.05) is 12.2 Å². The smallest absolute Gasteiger partial charge is 0.188 e. The van der Waals surface area contributed by atoms with Crippen LogP contribution < -0.4 is 11.1 Å². The number of hydrogen-bond acceptors (Lipinski definition) is 2. The largest absolute Gasteiger partial charge is 0.370 e. The number of guanidine groups is 1. The van der Waals surface area contributed by atoms with E-state index < -0.39 is 0 Å². The van der Waals surface area contributed by atoms with Gasteiger partial charge in [-0.05, 0) is 27.0 Å². The molecule has 14 heavy (non-hydrogen) atoms. The molecule has 0 fully saturated rings. The maximum Gasteiger partial charge on any atom is 0.188 e. The summed E-state index contributed by atoms with van der Waals surface area (Å²) < 4.78 is 0.148. The van der Waals surface area contributed by atoms with E-state index in [9.17, 15) is 0 Å². The summed E-state index contributed by atoms with van der Waals surface area (Å²) in [5.74, 6) is 0.495. The highest BCUT2D eigenvalue weighted by molar-refractivity contribution is 7.99. The van der Waals surface area contributed by atoms with Crippen LogP contribution in [0.1, 0.15) is 20.8 Å². The molecule has 3 nitrogen and oxygen atoms in total. The lowest BCUT2D eigenvalue weighted by atomic mass is 10.2. The summed E-state index contributed by atoms with van der Waals surface area (Å²) in [7, 11) is 0. The van der Waals surface area contributed by atoms with Gasteiger partial charge in [-0.2, -0.15) is 11.8 Å². The fraction of sp³-hybridized carbons (Fsp3) is 0.700. The highest BCUT2D eigenvalue weighted by Gasteiger charge is 2.14. The van der Waals surface area contributed by atoms with Gasteiger partial charge in [0.05, 0.1) is 6.54 Å². The molecule has 0 aliphatic carbocycles. The summed E-state index contributed by atoms with van der Waals surface area (Å²) in [6.45, 7) is 11.4. The SMILES string of the molecule is C=C(C)CNC(N)=NCC(C)(C)SC. The molecule has 4 heteroatoms. The zero-order valence-electron chi connectivity index (χ0n) is 9.55. The van der Waals surface area contributed by atoms with Gasteiger partial charge >= 0.3 is 0 Å². The molecule has 0 aromatic carbocycles. The molecule has 0 amide bonds. The van der Waals surface area contributed by atoms with Crippen molar-refractivity contribution in [2.45, 2.75) is 25.5 Å². The molecule has 3 N–H and O–H groups in total. The number of nitrogens with two attached hydrogens (primary N) is 1. The standard InChI is InChI=1S/C10H21N3S/c1-8(2)6-12-9(11)13-7-10(3,4)14-5/h1,6-7H2,2-5H3,(H3,11,12,13). The van der Waals surface area contributed by atoms with Crippen LogP contribution in [0.4, 0.5) is 0 Å². The van der Waals surface area contributed by atoms with E-state index in [1.807, 2.05) is 6.92 Å². The van der Waals surface area contributed by atoms with E-state index in [2.05, 4.69) is 37.0 Å². The Hall–Kier alpha value is -0.640. The second kappa shape index (κ2) is 5.96. The van der Waals surface area contributed by atoms with E-state index in [4.69, 9.17) is 5.73 Å². The zero-order valence-corrected chi connectivity index (χ0v) is 10.4. The quantitative estimate of drug-likeness (QED) is 0.416. The summed E-state index contributed by atoms with van der Waals surface area (Å²) in [5, 5.41) is 3.00. The third-order valence-electron chi connectivity index (χ3n) is 1.75. The topological polar surface area (TPSA) is 50.4 Å². The number of nitrogens with zero attached hydrogens (tertiary/aromatic N) is 1. The van der Waals surface area contributed by atoms with E-state index >= 15 is 0 Å². The summed E-state index contributed by atoms with van der Waals surface area (Å²) in [5.41, 5.74) is 6.72. The van der Waals surface area contributed by atoms with Crippen LogP contribution in [-0.2, 0) is 0 Å². The van der Waals surface area contributed by atoms with Gasteiger partial charge in [-0.25, -0.2) is 0 Å². The zero-order chi connectivity index (χ0) is 11.2. The lowest BCUT2D eigenvalue weighted by molar-refractivity contribution is 0.721. The van der Waals surface area contributed by atoms with Crippen molar-refractivity contribution in [2.24, 2.45) is 10.7 Å². The Morgan fingerprint density at radius 2 is 2.14 bits per heavy atom. The number of rotatable bonds is 5. The van der Waals surface area contributed by atoms with Crippen LogP contribution in [0.25, 0.3) is 0 Å². The molecule has 0 spiro atoms. The molecule has 82 valence electrons. The summed E-state index contributed by atoms with van der Waals surface area (Å²) >= 11 is 1.79. The molecular formula is C10H21N3S. The molecule has 0 heterocycles. The predicted octanol–water partition coefficient (Wildman–Crippen LogP) is 1.61. The Kier molecular flexibility index (Phi) is 5.69. The molecule has 0 rings (SSSR count). The third-order valence-corrected chi connectivity index (χ3v) is 2.99. The van der Waals surface area contributed by atoms with Crippen molar-refractivity contribution in [3.05, 3.63) is 12.2 Å². The molecule has 0 aromatic heterocycles. The molecule has 0 bridgehead atoms. The molecule has 0 saturated heterocycles. The van der Waals surface area contributed by atoms with E-state index in [0.717, 1.165) is 12.1 Å². The Morgan fingerprint density at radius 3 is 2.57 bits per heavy atom. The van der Waals surface area contributed by atoms with Crippen LogP contribution in [0.15, 0.2) is 17.1 Å². The summed E-state index contributed by atoms with van der Waals surface area (Å²) in [4.78, 5) is 4.26. The van der Waals surface area contributed by atoms with E-state index in [0.29, 0.717) is 12.5 Å². The van der Waals surface area contributed by atoms with Crippen LogP contribution in [-0.4, -0.2) is 30.1 Å². The second-order valence-electron chi connectivity index (χ2n) is 3.98. The maximum atomic E-state index is 5.67. The van der Waals surface area contributed by atoms with Gasteiger partial charge in [0, 0.05) is 11.3 Å².